The highest BCUT2D eigenvalue weighted by atomic mass is 19.1. The second kappa shape index (κ2) is 10.2. The van der Waals surface area contributed by atoms with E-state index in [9.17, 15) is 14.0 Å². The molecule has 0 aliphatic carbocycles. The number of fused-ring (bicyclic) bond motifs is 1. The summed E-state index contributed by atoms with van der Waals surface area (Å²) in [6.45, 7) is 11.4. The molecule has 0 saturated carbocycles. The molecule has 6 nitrogen and oxygen atoms in total. The number of carbonyl (C=O) groups excluding carboxylic acids is 1. The molecule has 1 fully saturated rings. The smallest absolute Gasteiger partial charge is 0.258 e. The van der Waals surface area contributed by atoms with Crippen molar-refractivity contribution < 1.29 is 9.18 Å². The number of hydrogen-bond donors (Lipinski definition) is 0. The van der Waals surface area contributed by atoms with Gasteiger partial charge in [0.15, 0.2) is 0 Å². The molecule has 0 N–H and O–H groups in total. The van der Waals surface area contributed by atoms with Crippen LogP contribution in [0.5, 0.6) is 0 Å². The maximum Gasteiger partial charge on any atom is 0.258 e. The largest absolute Gasteiger partial charge is 0.365 e. The van der Waals surface area contributed by atoms with Gasteiger partial charge in [0.25, 0.3) is 5.56 Å². The number of para-hydroxylation sites is 1. The first kappa shape index (κ1) is 25.4. The fourth-order valence-electron chi connectivity index (χ4n) is 5.30. The fraction of sp³-hybridized carbons (Fsp3) is 0.258. The third-order valence-electron chi connectivity index (χ3n) is 7.22. The SMILES string of the molecule is C=CC(=O)N1CCN(c2cc(=O)n(-c3ccccc3C(C)C)c3nc(-c4ccccc4F)ccc23)[C@@H](C)C1. The second-order valence-electron chi connectivity index (χ2n) is 10.00. The van der Waals surface area contributed by atoms with Gasteiger partial charge >= 0.3 is 0 Å². The quantitative estimate of drug-likeness (QED) is 0.331. The van der Waals surface area contributed by atoms with Crippen LogP contribution in [0.3, 0.4) is 0 Å². The van der Waals surface area contributed by atoms with Gasteiger partial charge in [-0.15, -0.1) is 0 Å². The zero-order chi connectivity index (χ0) is 27.0. The summed E-state index contributed by atoms with van der Waals surface area (Å²) in [6.07, 6.45) is 1.33. The Hall–Kier alpha value is -4.26. The molecule has 1 aliphatic heterocycles. The third-order valence-corrected chi connectivity index (χ3v) is 7.22. The van der Waals surface area contributed by atoms with Crippen molar-refractivity contribution in [1.82, 2.24) is 14.5 Å². The Morgan fingerprint density at radius 1 is 1.05 bits per heavy atom. The maximum atomic E-state index is 14.7. The van der Waals surface area contributed by atoms with E-state index in [2.05, 4.69) is 25.3 Å². The summed E-state index contributed by atoms with van der Waals surface area (Å²) in [4.78, 5) is 34.9. The van der Waals surface area contributed by atoms with Crippen molar-refractivity contribution in [2.24, 2.45) is 0 Å². The first-order valence-electron chi connectivity index (χ1n) is 12.9. The van der Waals surface area contributed by atoms with Crippen molar-refractivity contribution in [3.05, 3.63) is 101 Å². The number of halogens is 1. The van der Waals surface area contributed by atoms with Gasteiger partial charge in [0.2, 0.25) is 5.91 Å². The summed E-state index contributed by atoms with van der Waals surface area (Å²) in [5, 5.41) is 0.790. The van der Waals surface area contributed by atoms with Crippen LogP contribution in [0.2, 0.25) is 0 Å². The van der Waals surface area contributed by atoms with Crippen molar-refractivity contribution in [2.75, 3.05) is 24.5 Å². The van der Waals surface area contributed by atoms with Gasteiger partial charge in [0.1, 0.15) is 11.5 Å². The predicted molar refractivity (Wildman–Crippen MR) is 150 cm³/mol. The standard InChI is InChI=1S/C31H31FN4O2/c1-5-29(37)34-16-17-35(21(4)19-34)28-18-30(38)36(27-13-9-7-10-22(27)20(2)3)31-24(28)14-15-26(33-31)23-11-6-8-12-25(23)32/h5-15,18,20-21H,1,16-17,19H2,2-4H3/t21-/m0/s1. The Morgan fingerprint density at radius 2 is 1.79 bits per heavy atom. The predicted octanol–water partition coefficient (Wildman–Crippen LogP) is 5.54. The van der Waals surface area contributed by atoms with Gasteiger partial charge in [-0.3, -0.25) is 14.2 Å². The molecule has 5 rings (SSSR count). The van der Waals surface area contributed by atoms with Gasteiger partial charge in [0.05, 0.1) is 17.1 Å². The molecule has 7 heteroatoms. The number of anilines is 1. The van der Waals surface area contributed by atoms with E-state index < -0.39 is 0 Å². The monoisotopic (exact) mass is 510 g/mol. The number of pyridine rings is 2. The minimum Gasteiger partial charge on any atom is -0.365 e. The van der Waals surface area contributed by atoms with E-state index in [4.69, 9.17) is 4.98 Å². The molecule has 1 aliphatic rings. The molecule has 0 bridgehead atoms. The number of amides is 1. The van der Waals surface area contributed by atoms with Gasteiger partial charge in [-0.1, -0.05) is 50.8 Å². The van der Waals surface area contributed by atoms with E-state index in [1.54, 1.807) is 39.8 Å². The fourth-order valence-corrected chi connectivity index (χ4v) is 5.30. The molecule has 3 heterocycles. The average molecular weight is 511 g/mol. The molecule has 1 amide bonds. The lowest BCUT2D eigenvalue weighted by atomic mass is 10.0. The zero-order valence-electron chi connectivity index (χ0n) is 21.9. The first-order valence-corrected chi connectivity index (χ1v) is 12.9. The van der Waals surface area contributed by atoms with Crippen molar-refractivity contribution in [1.29, 1.82) is 0 Å². The Bertz CT molecular complexity index is 1590. The van der Waals surface area contributed by atoms with Crippen molar-refractivity contribution in [2.45, 2.75) is 32.7 Å². The van der Waals surface area contributed by atoms with Crippen LogP contribution in [0.25, 0.3) is 28.0 Å². The van der Waals surface area contributed by atoms with Crippen LogP contribution in [-0.4, -0.2) is 46.0 Å². The minimum atomic E-state index is -0.372. The molecule has 1 atom stereocenters. The lowest BCUT2D eigenvalue weighted by molar-refractivity contribution is -0.126. The number of hydrogen-bond acceptors (Lipinski definition) is 4. The summed E-state index contributed by atoms with van der Waals surface area (Å²) >= 11 is 0. The highest BCUT2D eigenvalue weighted by Gasteiger charge is 2.28. The van der Waals surface area contributed by atoms with Gasteiger partial charge in [-0.05, 0) is 54.8 Å². The first-order chi connectivity index (χ1) is 18.3. The van der Waals surface area contributed by atoms with Gasteiger partial charge in [-0.25, -0.2) is 9.37 Å². The Balaban J connectivity index is 1.74. The summed E-state index contributed by atoms with van der Waals surface area (Å²) in [5.74, 6) is -0.292. The van der Waals surface area contributed by atoms with Crippen LogP contribution in [0.15, 0.2) is 84.2 Å². The number of benzene rings is 2. The van der Waals surface area contributed by atoms with Gasteiger partial charge in [-0.2, -0.15) is 0 Å². The molecular weight excluding hydrogens is 479 g/mol. The van der Waals surface area contributed by atoms with Crippen LogP contribution in [-0.2, 0) is 4.79 Å². The maximum absolute atomic E-state index is 14.7. The van der Waals surface area contributed by atoms with E-state index in [1.807, 2.05) is 37.3 Å². The van der Waals surface area contributed by atoms with E-state index in [0.29, 0.717) is 36.5 Å². The van der Waals surface area contributed by atoms with E-state index in [0.717, 1.165) is 22.3 Å². The van der Waals surface area contributed by atoms with Crippen molar-refractivity contribution in [3.63, 3.8) is 0 Å². The molecule has 2 aromatic heterocycles. The second-order valence-corrected chi connectivity index (χ2v) is 10.00. The molecule has 4 aromatic rings. The van der Waals surface area contributed by atoms with Crippen molar-refractivity contribution in [3.8, 4) is 16.9 Å². The number of aromatic nitrogens is 2. The van der Waals surface area contributed by atoms with Gasteiger partial charge in [0, 0.05) is 42.7 Å². The van der Waals surface area contributed by atoms with E-state index >= 15 is 0 Å². The lowest BCUT2D eigenvalue weighted by Gasteiger charge is -2.41. The highest BCUT2D eigenvalue weighted by molar-refractivity contribution is 5.93. The molecule has 0 radical (unpaired) electrons. The van der Waals surface area contributed by atoms with Crippen LogP contribution < -0.4 is 10.5 Å². The number of rotatable bonds is 5. The molecule has 2 aromatic carbocycles. The van der Waals surface area contributed by atoms with Crippen LogP contribution >= 0.6 is 0 Å². The number of nitrogens with zero attached hydrogens (tertiary/aromatic N) is 4. The Morgan fingerprint density at radius 3 is 2.50 bits per heavy atom. The molecule has 0 unspecified atom stereocenters. The molecule has 0 spiro atoms. The molecular formula is C31H31FN4O2. The van der Waals surface area contributed by atoms with Crippen molar-refractivity contribution >= 4 is 22.6 Å². The summed E-state index contributed by atoms with van der Waals surface area (Å²) in [5.41, 5.74) is 3.63. The lowest BCUT2D eigenvalue weighted by Crippen LogP contribution is -2.53. The van der Waals surface area contributed by atoms with Crippen LogP contribution in [0.4, 0.5) is 10.1 Å². The third kappa shape index (κ3) is 4.49. The topological polar surface area (TPSA) is 58.4 Å². The van der Waals surface area contributed by atoms with Gasteiger partial charge < -0.3 is 9.80 Å². The molecule has 1 saturated heterocycles. The van der Waals surface area contributed by atoms with Crippen LogP contribution in [0.1, 0.15) is 32.3 Å². The number of piperazine rings is 1. The average Bonchev–Trinajstić information content (AvgIpc) is 2.92. The zero-order valence-corrected chi connectivity index (χ0v) is 21.9. The summed E-state index contributed by atoms with van der Waals surface area (Å²) in [6, 6.07) is 19.7. The molecule has 38 heavy (non-hydrogen) atoms. The Kier molecular flexibility index (Phi) is 6.85. The van der Waals surface area contributed by atoms with E-state index in [1.165, 1.54) is 12.1 Å². The number of carbonyl (C=O) groups is 1. The summed E-state index contributed by atoms with van der Waals surface area (Å²) < 4.78 is 16.4. The minimum absolute atomic E-state index is 0.0275. The highest BCUT2D eigenvalue weighted by Crippen LogP contribution is 2.33. The van der Waals surface area contributed by atoms with Crippen LogP contribution in [0, 0.1) is 5.82 Å². The summed E-state index contributed by atoms with van der Waals surface area (Å²) in [7, 11) is 0. The Labute approximate surface area is 221 Å². The molecule has 194 valence electrons. The van der Waals surface area contributed by atoms with E-state index in [-0.39, 0.29) is 29.2 Å². The normalized spacial score (nSPS) is 15.8.